The van der Waals surface area contributed by atoms with Crippen molar-refractivity contribution in [3.8, 4) is 0 Å². The molecule has 3 rings (SSSR count). The van der Waals surface area contributed by atoms with Gasteiger partial charge >= 0.3 is 0 Å². The average molecular weight is 288 g/mol. The summed E-state index contributed by atoms with van der Waals surface area (Å²) in [5, 5.41) is 8.41. The van der Waals surface area contributed by atoms with E-state index in [4.69, 9.17) is 0 Å². The Hall–Kier alpha value is -1.91. The van der Waals surface area contributed by atoms with Gasteiger partial charge in [-0.1, -0.05) is 33.1 Å². The lowest BCUT2D eigenvalue weighted by Crippen LogP contribution is -2.27. The molecule has 0 spiro atoms. The standard InChI is InChI=1S/C14H18N4O.C2H6/c1-18-14(19)11-8-5-9-15-12(11)13(17-18)16-10-6-3-2-4-7-10;1-2/h5,8-10H,2-4,6-7H2,1H3,(H,16,17);1-2H3. The maximum atomic E-state index is 12.0. The molecule has 1 fully saturated rings. The molecule has 1 aliphatic carbocycles. The molecule has 0 radical (unpaired) electrons. The van der Waals surface area contributed by atoms with Crippen molar-refractivity contribution in [2.75, 3.05) is 5.32 Å². The minimum atomic E-state index is -0.0997. The summed E-state index contributed by atoms with van der Waals surface area (Å²) in [6.45, 7) is 4.00. The molecule has 21 heavy (non-hydrogen) atoms. The normalized spacial score (nSPS) is 15.4. The average Bonchev–Trinajstić information content (AvgIpc) is 2.55. The Morgan fingerprint density at radius 2 is 1.95 bits per heavy atom. The summed E-state index contributed by atoms with van der Waals surface area (Å²) in [5.41, 5.74) is 0.577. The third-order valence-corrected chi connectivity index (χ3v) is 3.75. The monoisotopic (exact) mass is 288 g/mol. The molecule has 5 nitrogen and oxygen atoms in total. The van der Waals surface area contributed by atoms with Crippen LogP contribution in [0.1, 0.15) is 46.0 Å². The smallest absolute Gasteiger partial charge is 0.276 e. The molecule has 2 aromatic heterocycles. The molecular weight excluding hydrogens is 264 g/mol. The van der Waals surface area contributed by atoms with E-state index in [2.05, 4.69) is 15.4 Å². The van der Waals surface area contributed by atoms with Crippen molar-refractivity contribution in [3.63, 3.8) is 0 Å². The highest BCUT2D eigenvalue weighted by Crippen LogP contribution is 2.23. The van der Waals surface area contributed by atoms with Gasteiger partial charge < -0.3 is 5.32 Å². The second-order valence-corrected chi connectivity index (χ2v) is 5.16. The van der Waals surface area contributed by atoms with Gasteiger partial charge in [-0.25, -0.2) is 4.68 Å². The summed E-state index contributed by atoms with van der Waals surface area (Å²) in [6.07, 6.45) is 7.87. The van der Waals surface area contributed by atoms with E-state index < -0.39 is 0 Å². The van der Waals surface area contributed by atoms with Gasteiger partial charge in [-0.05, 0) is 25.0 Å². The van der Waals surface area contributed by atoms with Gasteiger partial charge in [0.25, 0.3) is 5.56 Å². The zero-order valence-electron chi connectivity index (χ0n) is 13.1. The van der Waals surface area contributed by atoms with Crippen LogP contribution in [0.15, 0.2) is 23.1 Å². The molecule has 0 aliphatic heterocycles. The van der Waals surface area contributed by atoms with E-state index in [1.165, 1.54) is 36.8 Å². The maximum absolute atomic E-state index is 12.0. The van der Waals surface area contributed by atoms with E-state index in [0.717, 1.165) is 5.82 Å². The number of hydrogen-bond acceptors (Lipinski definition) is 4. The van der Waals surface area contributed by atoms with Crippen LogP contribution in [-0.2, 0) is 7.05 Å². The van der Waals surface area contributed by atoms with Crippen LogP contribution in [0, 0.1) is 0 Å². The van der Waals surface area contributed by atoms with E-state index in [9.17, 15) is 4.79 Å². The molecule has 0 aromatic carbocycles. The first-order valence-corrected chi connectivity index (χ1v) is 7.84. The lowest BCUT2D eigenvalue weighted by Gasteiger charge is -2.23. The van der Waals surface area contributed by atoms with E-state index in [0.29, 0.717) is 16.9 Å². The molecule has 2 aromatic rings. The third kappa shape index (κ3) is 3.40. The molecule has 1 saturated carbocycles. The van der Waals surface area contributed by atoms with Crippen LogP contribution in [0.2, 0.25) is 0 Å². The van der Waals surface area contributed by atoms with Gasteiger partial charge in [0.1, 0.15) is 5.52 Å². The summed E-state index contributed by atoms with van der Waals surface area (Å²) in [4.78, 5) is 16.3. The topological polar surface area (TPSA) is 59.8 Å². The molecule has 0 bridgehead atoms. The summed E-state index contributed by atoms with van der Waals surface area (Å²) >= 11 is 0. The Morgan fingerprint density at radius 3 is 2.67 bits per heavy atom. The molecule has 5 heteroatoms. The van der Waals surface area contributed by atoms with Gasteiger partial charge in [-0.15, -0.1) is 0 Å². The molecular formula is C16H24N4O. The molecule has 0 amide bonds. The Kier molecular flexibility index (Phi) is 5.31. The third-order valence-electron chi connectivity index (χ3n) is 3.75. The summed E-state index contributed by atoms with van der Waals surface area (Å²) < 4.78 is 1.38. The minimum Gasteiger partial charge on any atom is -0.364 e. The van der Waals surface area contributed by atoms with Crippen LogP contribution in [0.5, 0.6) is 0 Å². The van der Waals surface area contributed by atoms with Crippen molar-refractivity contribution in [3.05, 3.63) is 28.7 Å². The fraction of sp³-hybridized carbons (Fsp3) is 0.562. The van der Waals surface area contributed by atoms with Crippen LogP contribution < -0.4 is 10.9 Å². The largest absolute Gasteiger partial charge is 0.364 e. The fourth-order valence-corrected chi connectivity index (χ4v) is 2.72. The van der Waals surface area contributed by atoms with Crippen LogP contribution >= 0.6 is 0 Å². The first kappa shape index (κ1) is 15.5. The number of fused-ring (bicyclic) bond motifs is 1. The van der Waals surface area contributed by atoms with E-state index >= 15 is 0 Å². The molecule has 114 valence electrons. The van der Waals surface area contributed by atoms with Crippen molar-refractivity contribution in [1.29, 1.82) is 0 Å². The molecule has 0 atom stereocenters. The molecule has 0 saturated heterocycles. The van der Waals surface area contributed by atoms with Crippen molar-refractivity contribution < 1.29 is 0 Å². The predicted octanol–water partition coefficient (Wildman–Crippen LogP) is 3.10. The number of rotatable bonds is 2. The highest BCUT2D eigenvalue weighted by molar-refractivity contribution is 5.86. The highest BCUT2D eigenvalue weighted by Gasteiger charge is 2.16. The first-order valence-electron chi connectivity index (χ1n) is 7.84. The number of hydrogen-bond donors (Lipinski definition) is 1. The second kappa shape index (κ2) is 7.20. The van der Waals surface area contributed by atoms with Gasteiger partial charge in [-0.2, -0.15) is 5.10 Å². The number of aromatic nitrogens is 3. The van der Waals surface area contributed by atoms with Crippen molar-refractivity contribution in [2.45, 2.75) is 52.0 Å². The number of anilines is 1. The Bertz CT molecular complexity index is 644. The van der Waals surface area contributed by atoms with E-state index in [1.54, 1.807) is 25.4 Å². The molecule has 2 heterocycles. The number of aryl methyl sites for hydroxylation is 1. The zero-order chi connectivity index (χ0) is 15.2. The lowest BCUT2D eigenvalue weighted by atomic mass is 9.95. The van der Waals surface area contributed by atoms with Gasteiger partial charge in [0.15, 0.2) is 5.82 Å². The van der Waals surface area contributed by atoms with Crippen LogP contribution in [0.4, 0.5) is 5.82 Å². The first-order chi connectivity index (χ1) is 10.3. The summed E-state index contributed by atoms with van der Waals surface area (Å²) in [5.74, 6) is 0.726. The lowest BCUT2D eigenvalue weighted by molar-refractivity contribution is 0.461. The van der Waals surface area contributed by atoms with Gasteiger partial charge in [0.05, 0.1) is 5.39 Å². The Labute approximate surface area is 125 Å². The SMILES string of the molecule is CC.Cn1nc(NC2CCCCC2)c2ncccc2c1=O. The highest BCUT2D eigenvalue weighted by atomic mass is 16.1. The van der Waals surface area contributed by atoms with Gasteiger partial charge in [0, 0.05) is 19.3 Å². The summed E-state index contributed by atoms with van der Waals surface area (Å²) in [6, 6.07) is 4.04. The van der Waals surface area contributed by atoms with Crippen molar-refractivity contribution in [2.24, 2.45) is 7.05 Å². The van der Waals surface area contributed by atoms with Crippen LogP contribution in [0.25, 0.3) is 10.9 Å². The summed E-state index contributed by atoms with van der Waals surface area (Å²) in [7, 11) is 1.68. The van der Waals surface area contributed by atoms with Crippen LogP contribution in [0.3, 0.4) is 0 Å². The second-order valence-electron chi connectivity index (χ2n) is 5.16. The Morgan fingerprint density at radius 1 is 1.24 bits per heavy atom. The van der Waals surface area contributed by atoms with Crippen molar-refractivity contribution >= 4 is 16.7 Å². The fourth-order valence-electron chi connectivity index (χ4n) is 2.72. The minimum absolute atomic E-state index is 0.0997. The van der Waals surface area contributed by atoms with Gasteiger partial charge in [0.2, 0.25) is 0 Å². The van der Waals surface area contributed by atoms with Gasteiger partial charge in [-0.3, -0.25) is 9.78 Å². The Balaban J connectivity index is 0.000000774. The molecule has 0 unspecified atom stereocenters. The number of nitrogens with zero attached hydrogens (tertiary/aromatic N) is 3. The van der Waals surface area contributed by atoms with Crippen LogP contribution in [-0.4, -0.2) is 20.8 Å². The number of nitrogens with one attached hydrogen (secondary N) is 1. The molecule has 1 N–H and O–H groups in total. The quantitative estimate of drug-likeness (QED) is 0.922. The number of pyridine rings is 1. The zero-order valence-corrected chi connectivity index (χ0v) is 13.1. The van der Waals surface area contributed by atoms with E-state index in [-0.39, 0.29) is 5.56 Å². The predicted molar refractivity (Wildman–Crippen MR) is 86.6 cm³/mol. The molecule has 1 aliphatic rings. The van der Waals surface area contributed by atoms with E-state index in [1.807, 2.05) is 13.8 Å². The van der Waals surface area contributed by atoms with Crippen molar-refractivity contribution in [1.82, 2.24) is 14.8 Å². The maximum Gasteiger partial charge on any atom is 0.276 e.